The molecule has 0 saturated heterocycles. The lowest BCUT2D eigenvalue weighted by Gasteiger charge is -2.17. The van der Waals surface area contributed by atoms with Gasteiger partial charge in [0.05, 0.1) is 6.10 Å². The summed E-state index contributed by atoms with van der Waals surface area (Å²) in [5, 5.41) is 12.3. The average Bonchev–Trinajstić information content (AvgIpc) is 2.29. The Bertz CT molecular complexity index is 344. The van der Waals surface area contributed by atoms with Crippen molar-refractivity contribution in [3.05, 3.63) is 35.4 Å². The van der Waals surface area contributed by atoms with Crippen LogP contribution in [-0.4, -0.2) is 17.8 Å². The predicted octanol–water partition coefficient (Wildman–Crippen LogP) is 2.39. The van der Waals surface area contributed by atoms with Crippen molar-refractivity contribution in [2.75, 3.05) is 6.54 Å². The summed E-state index contributed by atoms with van der Waals surface area (Å²) in [6, 6.07) is 3.78. The summed E-state index contributed by atoms with van der Waals surface area (Å²) in [6.07, 6.45) is 0.171. The van der Waals surface area contributed by atoms with Crippen LogP contribution in [0.25, 0.3) is 0 Å². The van der Waals surface area contributed by atoms with Gasteiger partial charge in [0.2, 0.25) is 0 Å². The van der Waals surface area contributed by atoms with Crippen LogP contribution < -0.4 is 5.32 Å². The van der Waals surface area contributed by atoms with E-state index in [1.807, 2.05) is 6.92 Å². The maximum absolute atomic E-state index is 13.4. The summed E-state index contributed by atoms with van der Waals surface area (Å²) in [5.74, 6) is -1.67. The molecule has 2 atom stereocenters. The van der Waals surface area contributed by atoms with Gasteiger partial charge in [0.25, 0.3) is 0 Å². The largest absolute Gasteiger partial charge is 0.392 e. The third-order valence-electron chi connectivity index (χ3n) is 2.58. The molecule has 4 heteroatoms. The molecule has 0 radical (unpaired) electrons. The lowest BCUT2D eigenvalue weighted by molar-refractivity contribution is 0.163. The molecule has 0 saturated carbocycles. The van der Waals surface area contributed by atoms with E-state index in [4.69, 9.17) is 0 Å². The highest BCUT2D eigenvalue weighted by Gasteiger charge is 2.14. The molecule has 2 N–H and O–H groups in total. The fraction of sp³-hybridized carbons (Fsp3) is 0.500. The molecule has 0 amide bonds. The molecule has 0 aromatic heterocycles. The molecule has 0 spiro atoms. The SMILES string of the molecule is CC[C@@H](O)CN[C@@H](C)c1cccc(F)c1F. The van der Waals surface area contributed by atoms with Gasteiger partial charge in [-0.1, -0.05) is 19.1 Å². The van der Waals surface area contributed by atoms with E-state index in [0.717, 1.165) is 6.07 Å². The van der Waals surface area contributed by atoms with Gasteiger partial charge in [-0.3, -0.25) is 0 Å². The Morgan fingerprint density at radius 2 is 2.06 bits per heavy atom. The fourth-order valence-corrected chi connectivity index (χ4v) is 1.42. The van der Waals surface area contributed by atoms with E-state index in [9.17, 15) is 13.9 Å². The number of benzene rings is 1. The molecule has 90 valence electrons. The number of aliphatic hydroxyl groups excluding tert-OH is 1. The highest BCUT2D eigenvalue weighted by molar-refractivity contribution is 5.21. The van der Waals surface area contributed by atoms with Crippen LogP contribution in [0, 0.1) is 11.6 Å². The molecule has 0 bridgehead atoms. The highest BCUT2D eigenvalue weighted by Crippen LogP contribution is 2.18. The molecular formula is C12H17F2NO. The molecular weight excluding hydrogens is 212 g/mol. The van der Waals surface area contributed by atoms with E-state index >= 15 is 0 Å². The first-order chi connectivity index (χ1) is 7.56. The number of halogens is 2. The van der Waals surface area contributed by atoms with Gasteiger partial charge in [0, 0.05) is 18.2 Å². The second kappa shape index (κ2) is 5.92. The quantitative estimate of drug-likeness (QED) is 0.812. The zero-order valence-electron chi connectivity index (χ0n) is 9.50. The second-order valence-corrected chi connectivity index (χ2v) is 3.84. The molecule has 0 aliphatic carbocycles. The average molecular weight is 229 g/mol. The lowest BCUT2D eigenvalue weighted by atomic mass is 10.1. The summed E-state index contributed by atoms with van der Waals surface area (Å²) in [7, 11) is 0. The molecule has 1 rings (SSSR count). The van der Waals surface area contributed by atoms with Crippen LogP contribution in [0.2, 0.25) is 0 Å². The summed E-state index contributed by atoms with van der Waals surface area (Å²) in [5.41, 5.74) is 0.281. The van der Waals surface area contributed by atoms with Crippen LogP contribution in [0.1, 0.15) is 31.9 Å². The van der Waals surface area contributed by atoms with E-state index in [2.05, 4.69) is 5.32 Å². The summed E-state index contributed by atoms with van der Waals surface area (Å²) < 4.78 is 26.3. The first-order valence-corrected chi connectivity index (χ1v) is 5.41. The van der Waals surface area contributed by atoms with Gasteiger partial charge >= 0.3 is 0 Å². The van der Waals surface area contributed by atoms with Crippen LogP contribution in [-0.2, 0) is 0 Å². The zero-order chi connectivity index (χ0) is 12.1. The molecule has 0 unspecified atom stereocenters. The van der Waals surface area contributed by atoms with E-state index in [0.29, 0.717) is 13.0 Å². The van der Waals surface area contributed by atoms with Crippen LogP contribution in [0.4, 0.5) is 8.78 Å². The van der Waals surface area contributed by atoms with Gasteiger partial charge in [-0.15, -0.1) is 0 Å². The Kier molecular flexibility index (Phi) is 4.83. The normalized spacial score (nSPS) is 14.8. The van der Waals surface area contributed by atoms with Crippen molar-refractivity contribution in [1.29, 1.82) is 0 Å². The number of hydrogen-bond donors (Lipinski definition) is 2. The maximum Gasteiger partial charge on any atom is 0.163 e. The van der Waals surface area contributed by atoms with Crippen LogP contribution in [0.15, 0.2) is 18.2 Å². The summed E-state index contributed by atoms with van der Waals surface area (Å²) >= 11 is 0. The molecule has 16 heavy (non-hydrogen) atoms. The smallest absolute Gasteiger partial charge is 0.163 e. The van der Waals surface area contributed by atoms with Crippen LogP contribution >= 0.6 is 0 Å². The summed E-state index contributed by atoms with van der Waals surface area (Å²) in [4.78, 5) is 0. The standard InChI is InChI=1S/C12H17F2NO/c1-3-9(16)7-15-8(2)10-5-4-6-11(13)12(10)14/h4-6,8-9,15-16H,3,7H2,1-2H3/t8-,9+/m0/s1. The number of hydrogen-bond acceptors (Lipinski definition) is 2. The van der Waals surface area contributed by atoms with Crippen molar-refractivity contribution >= 4 is 0 Å². The second-order valence-electron chi connectivity index (χ2n) is 3.84. The Labute approximate surface area is 94.3 Å². The van der Waals surface area contributed by atoms with E-state index < -0.39 is 17.7 Å². The number of nitrogens with one attached hydrogen (secondary N) is 1. The van der Waals surface area contributed by atoms with Crippen molar-refractivity contribution in [1.82, 2.24) is 5.32 Å². The first kappa shape index (κ1) is 13.1. The third kappa shape index (κ3) is 3.25. The van der Waals surface area contributed by atoms with Crippen molar-refractivity contribution < 1.29 is 13.9 Å². The van der Waals surface area contributed by atoms with E-state index in [1.165, 1.54) is 12.1 Å². The molecule has 0 aliphatic heterocycles. The van der Waals surface area contributed by atoms with Crippen molar-refractivity contribution in [2.24, 2.45) is 0 Å². The van der Waals surface area contributed by atoms with Crippen molar-refractivity contribution in [2.45, 2.75) is 32.4 Å². The topological polar surface area (TPSA) is 32.3 Å². The Balaban J connectivity index is 2.66. The number of rotatable bonds is 5. The lowest BCUT2D eigenvalue weighted by Crippen LogP contribution is -2.29. The molecule has 0 fully saturated rings. The van der Waals surface area contributed by atoms with E-state index in [1.54, 1.807) is 6.92 Å². The van der Waals surface area contributed by atoms with Gasteiger partial charge in [0.15, 0.2) is 11.6 Å². The van der Waals surface area contributed by atoms with E-state index in [-0.39, 0.29) is 11.6 Å². The predicted molar refractivity (Wildman–Crippen MR) is 59.1 cm³/mol. The molecule has 2 nitrogen and oxygen atoms in total. The summed E-state index contributed by atoms with van der Waals surface area (Å²) in [6.45, 7) is 3.97. The van der Waals surface area contributed by atoms with Crippen LogP contribution in [0.3, 0.4) is 0 Å². The highest BCUT2D eigenvalue weighted by atomic mass is 19.2. The van der Waals surface area contributed by atoms with Gasteiger partial charge in [-0.25, -0.2) is 8.78 Å². The molecule has 1 aromatic carbocycles. The van der Waals surface area contributed by atoms with Crippen molar-refractivity contribution in [3.8, 4) is 0 Å². The molecule has 0 aliphatic rings. The number of aliphatic hydroxyl groups is 1. The Morgan fingerprint density at radius 3 is 2.69 bits per heavy atom. The minimum atomic E-state index is -0.845. The molecule has 0 heterocycles. The van der Waals surface area contributed by atoms with Gasteiger partial charge in [-0.2, -0.15) is 0 Å². The van der Waals surface area contributed by atoms with Crippen molar-refractivity contribution in [3.63, 3.8) is 0 Å². The monoisotopic (exact) mass is 229 g/mol. The zero-order valence-corrected chi connectivity index (χ0v) is 9.50. The maximum atomic E-state index is 13.4. The Hall–Kier alpha value is -1.00. The first-order valence-electron chi connectivity index (χ1n) is 5.41. The van der Waals surface area contributed by atoms with Gasteiger partial charge in [0.1, 0.15) is 0 Å². The third-order valence-corrected chi connectivity index (χ3v) is 2.58. The van der Waals surface area contributed by atoms with Gasteiger partial charge in [-0.05, 0) is 19.4 Å². The molecule has 1 aromatic rings. The fourth-order valence-electron chi connectivity index (χ4n) is 1.42. The Morgan fingerprint density at radius 1 is 1.38 bits per heavy atom. The minimum absolute atomic E-state index is 0.281. The van der Waals surface area contributed by atoms with Crippen LogP contribution in [0.5, 0.6) is 0 Å². The minimum Gasteiger partial charge on any atom is -0.392 e. The van der Waals surface area contributed by atoms with Gasteiger partial charge < -0.3 is 10.4 Å².